The molecular weight excluding hydrogens is 555 g/mol. The molecular formula is C27H34ClN6O5P. The molecule has 0 aliphatic carbocycles. The quantitative estimate of drug-likeness (QED) is 0.214. The molecule has 2 heterocycles. The zero-order valence-corrected chi connectivity index (χ0v) is 24.8. The number of para-hydroxylation sites is 1. The number of likely N-dealkylation sites (N-methyl/N-ethyl adjacent to an activating group) is 1. The van der Waals surface area contributed by atoms with E-state index in [0.29, 0.717) is 28.8 Å². The number of ether oxygens (including phenoxy) is 1. The number of carbonyl (C=O) groups is 1. The van der Waals surface area contributed by atoms with Gasteiger partial charge in [-0.15, -0.1) is 0 Å². The first-order chi connectivity index (χ1) is 19.0. The molecule has 0 saturated carbocycles. The summed E-state index contributed by atoms with van der Waals surface area (Å²) in [5.74, 6) is 0.904. The molecule has 4 aromatic rings. The molecule has 0 aliphatic heterocycles. The number of aromatic nitrogens is 3. The number of nitrogens with one attached hydrogen (secondary N) is 1. The molecule has 0 saturated heterocycles. The van der Waals surface area contributed by atoms with Crippen molar-refractivity contribution >= 4 is 53.0 Å². The van der Waals surface area contributed by atoms with Crippen LogP contribution in [0, 0.1) is 0 Å². The van der Waals surface area contributed by atoms with Crippen LogP contribution in [0.25, 0.3) is 21.9 Å². The minimum atomic E-state index is -4.06. The van der Waals surface area contributed by atoms with Crippen molar-refractivity contribution < 1.29 is 23.1 Å². The van der Waals surface area contributed by atoms with Crippen molar-refractivity contribution in [2.45, 2.75) is 39.5 Å². The molecule has 11 nitrogen and oxygen atoms in total. The second-order valence-corrected chi connectivity index (χ2v) is 11.6. The minimum absolute atomic E-state index is 0.0537. The van der Waals surface area contributed by atoms with Crippen molar-refractivity contribution in [2.24, 2.45) is 0 Å². The average Bonchev–Trinajstić information content (AvgIpc) is 3.32. The first-order valence-electron chi connectivity index (χ1n) is 12.8. The summed E-state index contributed by atoms with van der Waals surface area (Å²) in [5.41, 5.74) is 8.34. The molecule has 0 radical (unpaired) electrons. The van der Waals surface area contributed by atoms with E-state index < -0.39 is 19.8 Å². The molecule has 0 unspecified atom stereocenters. The molecule has 3 N–H and O–H groups in total. The Morgan fingerprint density at radius 1 is 1.15 bits per heavy atom. The van der Waals surface area contributed by atoms with Gasteiger partial charge in [-0.05, 0) is 51.1 Å². The number of fused-ring (bicyclic) bond motifs is 3. The summed E-state index contributed by atoms with van der Waals surface area (Å²) in [7, 11) is -0.830. The molecule has 0 spiro atoms. The normalized spacial score (nSPS) is 14.7. The fraction of sp³-hybridized carbons (Fsp3) is 0.370. The van der Waals surface area contributed by atoms with Crippen LogP contribution in [0.4, 0.5) is 5.82 Å². The number of carbonyl (C=O) groups excluding carboxylic acids is 1. The molecule has 13 heteroatoms. The number of nitrogens with two attached hydrogens (primary N) is 1. The Morgan fingerprint density at radius 3 is 2.52 bits per heavy atom. The van der Waals surface area contributed by atoms with E-state index >= 15 is 0 Å². The molecule has 3 atom stereocenters. The largest absolute Gasteiger partial charge is 0.459 e. The van der Waals surface area contributed by atoms with Gasteiger partial charge in [0.05, 0.1) is 29.7 Å². The molecule has 4 rings (SSSR count). The third kappa shape index (κ3) is 6.56. The first kappa shape index (κ1) is 29.8. The molecule has 0 aliphatic rings. The summed E-state index contributed by atoms with van der Waals surface area (Å²) >= 11 is 6.00. The molecule has 2 aromatic heterocycles. The van der Waals surface area contributed by atoms with Gasteiger partial charge in [-0.3, -0.25) is 9.32 Å². The maximum atomic E-state index is 14.0. The zero-order chi connectivity index (χ0) is 29.0. The van der Waals surface area contributed by atoms with E-state index in [0.717, 1.165) is 16.4 Å². The lowest BCUT2D eigenvalue weighted by atomic mass is 10.1. The number of nitrogens with zero attached hydrogens (tertiary/aromatic N) is 4. The van der Waals surface area contributed by atoms with Gasteiger partial charge >= 0.3 is 7.75 Å². The number of hydrogen-bond donors (Lipinski definition) is 2. The van der Waals surface area contributed by atoms with Gasteiger partial charge in [0.2, 0.25) is 5.91 Å². The van der Waals surface area contributed by atoms with Gasteiger partial charge in [0.25, 0.3) is 0 Å². The van der Waals surface area contributed by atoms with Crippen LogP contribution in [0.3, 0.4) is 0 Å². The molecule has 0 fully saturated rings. The third-order valence-electron chi connectivity index (χ3n) is 6.19. The van der Waals surface area contributed by atoms with Gasteiger partial charge < -0.3 is 24.5 Å². The highest BCUT2D eigenvalue weighted by molar-refractivity contribution is 7.52. The Hall–Kier alpha value is -3.21. The highest BCUT2D eigenvalue weighted by Gasteiger charge is 2.33. The number of benzene rings is 2. The maximum absolute atomic E-state index is 14.0. The van der Waals surface area contributed by atoms with Crippen LogP contribution in [0.15, 0.2) is 48.5 Å². The molecule has 1 amide bonds. The van der Waals surface area contributed by atoms with Crippen LogP contribution in [0.5, 0.6) is 5.75 Å². The van der Waals surface area contributed by atoms with E-state index in [-0.39, 0.29) is 24.9 Å². The second-order valence-electron chi connectivity index (χ2n) is 9.52. The Balaban J connectivity index is 1.70. The van der Waals surface area contributed by atoms with E-state index in [2.05, 4.69) is 10.1 Å². The number of pyridine rings is 1. The predicted molar refractivity (Wildman–Crippen MR) is 156 cm³/mol. The monoisotopic (exact) mass is 588 g/mol. The summed E-state index contributed by atoms with van der Waals surface area (Å²) < 4.78 is 33.5. The number of hydrogen-bond acceptors (Lipinski definition) is 8. The van der Waals surface area contributed by atoms with Crippen molar-refractivity contribution in [1.82, 2.24) is 24.5 Å². The van der Waals surface area contributed by atoms with Crippen molar-refractivity contribution in [3.63, 3.8) is 0 Å². The van der Waals surface area contributed by atoms with Crippen LogP contribution in [0.1, 0.15) is 32.6 Å². The van der Waals surface area contributed by atoms with Crippen LogP contribution in [0.2, 0.25) is 5.02 Å². The number of imidazole rings is 1. The van der Waals surface area contributed by atoms with Crippen molar-refractivity contribution in [3.05, 3.63) is 59.4 Å². The van der Waals surface area contributed by atoms with Gasteiger partial charge in [0.15, 0.2) is 5.82 Å². The summed E-state index contributed by atoms with van der Waals surface area (Å²) in [4.78, 5) is 23.2. The number of nitrogen functional groups attached to an aromatic ring is 1. The fourth-order valence-corrected chi connectivity index (χ4v) is 6.03. The Bertz CT molecular complexity index is 1540. The second kappa shape index (κ2) is 12.5. The van der Waals surface area contributed by atoms with Crippen molar-refractivity contribution in [1.29, 1.82) is 0 Å². The van der Waals surface area contributed by atoms with Gasteiger partial charge in [-0.2, -0.15) is 5.09 Å². The van der Waals surface area contributed by atoms with E-state index in [1.54, 1.807) is 45.3 Å². The Labute approximate surface area is 238 Å². The first-order valence-corrected chi connectivity index (χ1v) is 14.8. The summed E-state index contributed by atoms with van der Waals surface area (Å²) in [5, 5.41) is 4.13. The lowest BCUT2D eigenvalue weighted by molar-refractivity contribution is -0.130. The number of rotatable bonds is 12. The Morgan fingerprint density at radius 2 is 1.85 bits per heavy atom. The zero-order valence-electron chi connectivity index (χ0n) is 23.1. The standard InChI is InChI=1S/C27H34ClN6O5P/c1-6-37-16-23-31-24-25(21-9-7-8-10-22(21)30-26(24)29)34(23)17(2)15-38-40(36,32-18(3)27(35)33(4)5)39-20-13-11-19(28)12-14-20/h7-14,17-18H,6,15-16H2,1-5H3,(H2,29,30)(H,32,36)/t17-,18-,40-/m0/s1. The fourth-order valence-electron chi connectivity index (χ4n) is 4.32. The molecule has 214 valence electrons. The van der Waals surface area contributed by atoms with Gasteiger partial charge in [0.1, 0.15) is 23.7 Å². The number of halogens is 1. The average molecular weight is 589 g/mol. The number of amides is 1. The van der Waals surface area contributed by atoms with E-state index in [1.165, 1.54) is 4.90 Å². The molecule has 40 heavy (non-hydrogen) atoms. The van der Waals surface area contributed by atoms with Gasteiger partial charge in [0, 0.05) is 31.1 Å². The summed E-state index contributed by atoms with van der Waals surface area (Å²) in [6, 6.07) is 12.8. The van der Waals surface area contributed by atoms with Gasteiger partial charge in [-0.25, -0.2) is 14.5 Å². The van der Waals surface area contributed by atoms with Crippen LogP contribution >= 0.6 is 19.3 Å². The smallest absolute Gasteiger partial charge is 0.413 e. The van der Waals surface area contributed by atoms with E-state index in [1.807, 2.05) is 42.7 Å². The summed E-state index contributed by atoms with van der Waals surface area (Å²) in [6.07, 6.45) is 0. The summed E-state index contributed by atoms with van der Waals surface area (Å²) in [6.45, 7) is 6.07. The third-order valence-corrected chi connectivity index (χ3v) is 8.09. The van der Waals surface area contributed by atoms with E-state index in [9.17, 15) is 9.36 Å². The SMILES string of the molecule is CCOCc1nc2c(N)nc3ccccc3c2n1[C@@H](C)CO[P@@](=O)(N[C@@H](C)C(=O)N(C)C)Oc1ccc(Cl)cc1. The van der Waals surface area contributed by atoms with Crippen LogP contribution in [-0.2, 0) is 25.2 Å². The molecule has 0 bridgehead atoms. The topological polar surface area (TPSA) is 134 Å². The highest BCUT2D eigenvalue weighted by atomic mass is 35.5. The lowest BCUT2D eigenvalue weighted by Crippen LogP contribution is -2.41. The minimum Gasteiger partial charge on any atom is -0.413 e. The maximum Gasteiger partial charge on any atom is 0.459 e. The predicted octanol–water partition coefficient (Wildman–Crippen LogP) is 5.19. The van der Waals surface area contributed by atoms with Crippen LogP contribution < -0.4 is 15.3 Å². The lowest BCUT2D eigenvalue weighted by Gasteiger charge is -2.26. The highest BCUT2D eigenvalue weighted by Crippen LogP contribution is 2.46. The van der Waals surface area contributed by atoms with Crippen LogP contribution in [-0.4, -0.2) is 58.7 Å². The van der Waals surface area contributed by atoms with Crippen molar-refractivity contribution in [3.8, 4) is 5.75 Å². The van der Waals surface area contributed by atoms with E-state index in [4.69, 9.17) is 36.1 Å². The molecule has 2 aromatic carbocycles. The number of anilines is 1. The van der Waals surface area contributed by atoms with Gasteiger partial charge in [-0.1, -0.05) is 29.8 Å². The van der Waals surface area contributed by atoms with Crippen molar-refractivity contribution in [2.75, 3.05) is 33.0 Å². The Kier molecular flexibility index (Phi) is 9.33.